The van der Waals surface area contributed by atoms with Gasteiger partial charge < -0.3 is 15.2 Å². The molecule has 0 spiro atoms. The monoisotopic (exact) mass is 159 g/mol. The van der Waals surface area contributed by atoms with Gasteiger partial charge in [-0.05, 0) is 20.3 Å². The molecule has 1 aliphatic rings. The minimum Gasteiger partial charge on any atom is -0.390 e. The van der Waals surface area contributed by atoms with Crippen LogP contribution in [0.15, 0.2) is 0 Å². The molecule has 0 aromatic heterocycles. The van der Waals surface area contributed by atoms with Crippen molar-refractivity contribution in [3.8, 4) is 0 Å². The lowest BCUT2D eigenvalue weighted by molar-refractivity contribution is -0.0193. The van der Waals surface area contributed by atoms with Gasteiger partial charge in [-0.3, -0.25) is 0 Å². The summed E-state index contributed by atoms with van der Waals surface area (Å²) < 4.78 is 5.43. The normalized spacial score (nSPS) is 19.9. The Labute approximate surface area is 67.7 Å². The zero-order valence-electron chi connectivity index (χ0n) is 7.26. The second-order valence-corrected chi connectivity index (χ2v) is 3.71. The molecule has 2 N–H and O–H groups in total. The van der Waals surface area contributed by atoms with Gasteiger partial charge in [0, 0.05) is 19.7 Å². The number of nitrogens with one attached hydrogen (secondary N) is 1. The fourth-order valence-corrected chi connectivity index (χ4v) is 0.855. The van der Waals surface area contributed by atoms with Gasteiger partial charge in [0.25, 0.3) is 0 Å². The highest BCUT2D eigenvalue weighted by molar-refractivity contribution is 4.75. The number of hydrogen-bond acceptors (Lipinski definition) is 3. The van der Waals surface area contributed by atoms with Crippen LogP contribution in [0.3, 0.4) is 0 Å². The van der Waals surface area contributed by atoms with Crippen LogP contribution in [0.25, 0.3) is 0 Å². The van der Waals surface area contributed by atoms with Crippen molar-refractivity contribution in [2.24, 2.45) is 0 Å². The van der Waals surface area contributed by atoms with E-state index in [1.54, 1.807) is 13.8 Å². The summed E-state index contributed by atoms with van der Waals surface area (Å²) in [6.07, 6.45) is 1.10. The van der Waals surface area contributed by atoms with Crippen LogP contribution in [-0.2, 0) is 4.74 Å². The molecule has 0 amide bonds. The van der Waals surface area contributed by atoms with Crippen LogP contribution in [-0.4, -0.2) is 36.5 Å². The van der Waals surface area contributed by atoms with Gasteiger partial charge in [-0.1, -0.05) is 0 Å². The average molecular weight is 159 g/mol. The van der Waals surface area contributed by atoms with Crippen molar-refractivity contribution in [2.45, 2.75) is 32.0 Å². The lowest BCUT2D eigenvalue weighted by Gasteiger charge is -2.28. The van der Waals surface area contributed by atoms with E-state index in [2.05, 4.69) is 5.32 Å². The molecule has 0 saturated carbocycles. The van der Waals surface area contributed by atoms with Crippen LogP contribution in [0.1, 0.15) is 20.3 Å². The van der Waals surface area contributed by atoms with Crippen molar-refractivity contribution < 1.29 is 9.84 Å². The van der Waals surface area contributed by atoms with Crippen molar-refractivity contribution in [3.05, 3.63) is 0 Å². The highest BCUT2D eigenvalue weighted by atomic mass is 16.5. The Kier molecular flexibility index (Phi) is 2.87. The molecule has 0 bridgehead atoms. The molecule has 0 aromatic carbocycles. The van der Waals surface area contributed by atoms with Crippen LogP contribution in [0.2, 0.25) is 0 Å². The Hall–Kier alpha value is -0.120. The van der Waals surface area contributed by atoms with Crippen LogP contribution >= 0.6 is 0 Å². The molecule has 1 saturated heterocycles. The van der Waals surface area contributed by atoms with Gasteiger partial charge in [0.15, 0.2) is 0 Å². The molecule has 66 valence electrons. The molecule has 1 rings (SSSR count). The molecular weight excluding hydrogens is 142 g/mol. The molecule has 1 aliphatic heterocycles. The van der Waals surface area contributed by atoms with Crippen molar-refractivity contribution >= 4 is 0 Å². The summed E-state index contributed by atoms with van der Waals surface area (Å²) in [7, 11) is 0. The van der Waals surface area contributed by atoms with Gasteiger partial charge in [-0.2, -0.15) is 0 Å². The second-order valence-electron chi connectivity index (χ2n) is 3.71. The summed E-state index contributed by atoms with van der Waals surface area (Å²) in [6.45, 7) is 6.19. The smallest absolute Gasteiger partial charge is 0.0823 e. The Morgan fingerprint density at radius 2 is 2.18 bits per heavy atom. The molecule has 0 atom stereocenters. The molecule has 3 nitrogen and oxygen atoms in total. The zero-order chi connectivity index (χ0) is 8.32. The predicted molar refractivity (Wildman–Crippen MR) is 43.5 cm³/mol. The molecular formula is C8H17NO2. The van der Waals surface area contributed by atoms with Gasteiger partial charge in [0.2, 0.25) is 0 Å². The molecule has 1 heterocycles. The van der Waals surface area contributed by atoms with Crippen molar-refractivity contribution in [1.29, 1.82) is 0 Å². The summed E-state index contributed by atoms with van der Waals surface area (Å²) in [5, 5.41) is 12.4. The zero-order valence-corrected chi connectivity index (χ0v) is 7.26. The molecule has 0 aliphatic carbocycles. The first-order chi connectivity index (χ1) is 5.08. The van der Waals surface area contributed by atoms with Gasteiger partial charge in [-0.15, -0.1) is 0 Å². The molecule has 0 aromatic rings. The van der Waals surface area contributed by atoms with Crippen molar-refractivity contribution in [1.82, 2.24) is 5.32 Å². The summed E-state index contributed by atoms with van der Waals surface area (Å²) in [5.74, 6) is 0. The summed E-state index contributed by atoms with van der Waals surface area (Å²) in [4.78, 5) is 0. The van der Waals surface area contributed by atoms with Gasteiger partial charge in [0.1, 0.15) is 0 Å². The number of ether oxygens (including phenoxy) is 1. The Bertz CT molecular complexity index is 116. The van der Waals surface area contributed by atoms with E-state index in [1.807, 2.05) is 0 Å². The van der Waals surface area contributed by atoms with Crippen LogP contribution in [0.4, 0.5) is 0 Å². The van der Waals surface area contributed by atoms with E-state index in [9.17, 15) is 5.11 Å². The number of hydrogen-bond donors (Lipinski definition) is 2. The van der Waals surface area contributed by atoms with Gasteiger partial charge >= 0.3 is 0 Å². The second kappa shape index (κ2) is 3.52. The van der Waals surface area contributed by atoms with E-state index in [0.717, 1.165) is 13.1 Å². The van der Waals surface area contributed by atoms with E-state index in [4.69, 9.17) is 4.74 Å². The fraction of sp³-hybridized carbons (Fsp3) is 1.00. The summed E-state index contributed by atoms with van der Waals surface area (Å²) in [5.41, 5.74) is -0.586. The van der Waals surface area contributed by atoms with E-state index in [0.29, 0.717) is 19.1 Å². The molecule has 1 fully saturated rings. The fourth-order valence-electron chi connectivity index (χ4n) is 0.855. The van der Waals surface area contributed by atoms with Gasteiger partial charge in [0.05, 0.1) is 11.7 Å². The van der Waals surface area contributed by atoms with E-state index < -0.39 is 5.60 Å². The standard InChI is InChI=1S/C8H17NO2/c1-8(2,10)3-4-11-7-5-9-6-7/h7,9-10H,3-6H2,1-2H3. The lowest BCUT2D eigenvalue weighted by atomic mass is 10.1. The topological polar surface area (TPSA) is 41.5 Å². The highest BCUT2D eigenvalue weighted by Gasteiger charge is 2.18. The first-order valence-electron chi connectivity index (χ1n) is 4.13. The predicted octanol–water partition coefficient (Wildman–Crippen LogP) is 0.136. The van der Waals surface area contributed by atoms with Crippen LogP contribution < -0.4 is 5.32 Å². The third-order valence-corrected chi connectivity index (χ3v) is 1.81. The maximum absolute atomic E-state index is 9.33. The highest BCUT2D eigenvalue weighted by Crippen LogP contribution is 2.08. The van der Waals surface area contributed by atoms with E-state index in [-0.39, 0.29) is 0 Å². The van der Waals surface area contributed by atoms with E-state index >= 15 is 0 Å². The first kappa shape index (κ1) is 8.97. The maximum Gasteiger partial charge on any atom is 0.0823 e. The first-order valence-corrected chi connectivity index (χ1v) is 4.13. The molecule has 0 unspecified atom stereocenters. The average Bonchev–Trinajstić information content (AvgIpc) is 1.73. The SMILES string of the molecule is CC(C)(O)CCOC1CNC1. The quantitative estimate of drug-likeness (QED) is 0.613. The van der Waals surface area contributed by atoms with Crippen LogP contribution in [0.5, 0.6) is 0 Å². The van der Waals surface area contributed by atoms with Gasteiger partial charge in [-0.25, -0.2) is 0 Å². The molecule has 11 heavy (non-hydrogen) atoms. The number of aliphatic hydroxyl groups is 1. The number of rotatable bonds is 4. The van der Waals surface area contributed by atoms with Crippen molar-refractivity contribution in [3.63, 3.8) is 0 Å². The summed E-state index contributed by atoms with van der Waals surface area (Å²) in [6, 6.07) is 0. The summed E-state index contributed by atoms with van der Waals surface area (Å²) >= 11 is 0. The van der Waals surface area contributed by atoms with E-state index in [1.165, 1.54) is 0 Å². The molecule has 0 radical (unpaired) electrons. The third-order valence-electron chi connectivity index (χ3n) is 1.81. The maximum atomic E-state index is 9.33. The Morgan fingerprint density at radius 3 is 2.55 bits per heavy atom. The Balaban J connectivity index is 1.95. The van der Waals surface area contributed by atoms with Crippen molar-refractivity contribution in [2.75, 3.05) is 19.7 Å². The van der Waals surface area contributed by atoms with Crippen LogP contribution in [0, 0.1) is 0 Å². The Morgan fingerprint density at radius 1 is 1.55 bits per heavy atom. The minimum atomic E-state index is -0.586. The lowest BCUT2D eigenvalue weighted by Crippen LogP contribution is -2.48. The molecule has 3 heteroatoms. The minimum absolute atomic E-state index is 0.386. The largest absolute Gasteiger partial charge is 0.390 e. The third kappa shape index (κ3) is 3.70.